The molecule has 0 spiro atoms. The van der Waals surface area contributed by atoms with Crippen molar-refractivity contribution in [1.82, 2.24) is 10.3 Å². The van der Waals surface area contributed by atoms with E-state index in [0.717, 1.165) is 16.3 Å². The van der Waals surface area contributed by atoms with Gasteiger partial charge >= 0.3 is 0 Å². The van der Waals surface area contributed by atoms with Crippen LogP contribution in [-0.2, 0) is 11.2 Å². The average Bonchev–Trinajstić information content (AvgIpc) is 3.26. The van der Waals surface area contributed by atoms with E-state index in [9.17, 15) is 9.59 Å². The zero-order chi connectivity index (χ0) is 23.1. The summed E-state index contributed by atoms with van der Waals surface area (Å²) in [7, 11) is 2.86. The molecule has 0 aliphatic carbocycles. The predicted molar refractivity (Wildman–Crippen MR) is 123 cm³/mol. The van der Waals surface area contributed by atoms with Gasteiger partial charge in [-0.05, 0) is 19.1 Å². The number of methoxy groups -OCH3 is 2. The van der Waals surface area contributed by atoms with Gasteiger partial charge in [-0.15, -0.1) is 11.3 Å². The molecule has 3 N–H and O–H groups in total. The van der Waals surface area contributed by atoms with Gasteiger partial charge in [-0.3, -0.25) is 9.59 Å². The molecule has 168 valence electrons. The molecule has 3 aromatic rings. The fraction of sp³-hybridized carbons (Fsp3) is 0.261. The van der Waals surface area contributed by atoms with Crippen LogP contribution in [0.3, 0.4) is 0 Å². The normalized spacial score (nSPS) is 10.5. The number of ether oxygens (including phenoxy) is 3. The van der Waals surface area contributed by atoms with Crippen LogP contribution in [0.1, 0.15) is 21.6 Å². The van der Waals surface area contributed by atoms with E-state index in [1.165, 1.54) is 31.9 Å². The first-order chi connectivity index (χ1) is 15.4. The topological polar surface area (TPSA) is 113 Å². The maximum absolute atomic E-state index is 12.7. The van der Waals surface area contributed by atoms with Crippen LogP contribution in [0.5, 0.6) is 17.2 Å². The van der Waals surface area contributed by atoms with Crippen molar-refractivity contribution in [3.8, 4) is 27.8 Å². The Kier molecular flexibility index (Phi) is 7.67. The summed E-state index contributed by atoms with van der Waals surface area (Å²) >= 11 is 1.58. The largest absolute Gasteiger partial charge is 0.493 e. The number of hydrogen-bond acceptors (Lipinski definition) is 7. The molecule has 0 unspecified atom stereocenters. The Morgan fingerprint density at radius 1 is 1.09 bits per heavy atom. The van der Waals surface area contributed by atoms with Crippen molar-refractivity contribution in [2.24, 2.45) is 5.73 Å². The standard InChI is InChI=1S/C23H25N3O5S/c1-14-4-6-15(7-5-14)23-26-17(13-32-23)8-9-25-22(28)16-10-18(29-2)21(19(11-16)30-3)31-12-20(24)27/h4-7,10-11,13H,8-9,12H2,1-3H3,(H2,24,27)(H,25,28). The Labute approximate surface area is 190 Å². The minimum Gasteiger partial charge on any atom is -0.493 e. The second-order valence-electron chi connectivity index (χ2n) is 6.98. The quantitative estimate of drug-likeness (QED) is 0.486. The van der Waals surface area contributed by atoms with Crippen molar-refractivity contribution in [2.45, 2.75) is 13.3 Å². The summed E-state index contributed by atoms with van der Waals surface area (Å²) in [6, 6.07) is 11.3. The van der Waals surface area contributed by atoms with E-state index in [4.69, 9.17) is 19.9 Å². The van der Waals surface area contributed by atoms with E-state index in [-0.39, 0.29) is 29.8 Å². The first-order valence-corrected chi connectivity index (χ1v) is 10.8. The molecule has 1 aromatic heterocycles. The number of thiazole rings is 1. The van der Waals surface area contributed by atoms with Gasteiger partial charge in [0.25, 0.3) is 11.8 Å². The zero-order valence-corrected chi connectivity index (χ0v) is 19.0. The average molecular weight is 456 g/mol. The lowest BCUT2D eigenvalue weighted by Crippen LogP contribution is -2.26. The third kappa shape index (κ3) is 5.76. The summed E-state index contributed by atoms with van der Waals surface area (Å²) in [5.41, 5.74) is 8.66. The van der Waals surface area contributed by atoms with Gasteiger partial charge in [0.15, 0.2) is 18.1 Å². The molecule has 3 rings (SSSR count). The number of carbonyl (C=O) groups excluding carboxylic acids is 2. The fourth-order valence-electron chi connectivity index (χ4n) is 2.95. The summed E-state index contributed by atoms with van der Waals surface area (Å²) < 4.78 is 15.9. The molecule has 8 nitrogen and oxygen atoms in total. The Bertz CT molecular complexity index is 1070. The number of nitrogens with zero attached hydrogens (tertiary/aromatic N) is 1. The molecule has 2 aromatic carbocycles. The highest BCUT2D eigenvalue weighted by Gasteiger charge is 2.18. The summed E-state index contributed by atoms with van der Waals surface area (Å²) in [5, 5.41) is 5.83. The van der Waals surface area contributed by atoms with Crippen molar-refractivity contribution in [2.75, 3.05) is 27.4 Å². The highest BCUT2D eigenvalue weighted by molar-refractivity contribution is 7.13. The molecule has 0 aliphatic heterocycles. The van der Waals surface area contributed by atoms with Crippen LogP contribution in [0, 0.1) is 6.92 Å². The van der Waals surface area contributed by atoms with Gasteiger partial charge in [-0.1, -0.05) is 29.8 Å². The first-order valence-electron chi connectivity index (χ1n) is 9.88. The van der Waals surface area contributed by atoms with Gasteiger partial charge in [0.2, 0.25) is 5.75 Å². The number of benzene rings is 2. The SMILES string of the molecule is COc1cc(C(=O)NCCc2csc(-c3ccc(C)cc3)n2)cc(OC)c1OCC(N)=O. The first kappa shape index (κ1) is 23.1. The van der Waals surface area contributed by atoms with Gasteiger partial charge in [-0.2, -0.15) is 0 Å². The summed E-state index contributed by atoms with van der Waals surface area (Å²) in [4.78, 5) is 28.3. The molecule has 0 atom stereocenters. The summed E-state index contributed by atoms with van der Waals surface area (Å²) in [6.07, 6.45) is 0.599. The van der Waals surface area contributed by atoms with Gasteiger partial charge in [0.1, 0.15) is 5.01 Å². The maximum Gasteiger partial charge on any atom is 0.255 e. The Morgan fingerprint density at radius 2 is 1.75 bits per heavy atom. The molecule has 0 radical (unpaired) electrons. The Morgan fingerprint density at radius 3 is 2.34 bits per heavy atom. The second-order valence-corrected chi connectivity index (χ2v) is 7.84. The number of rotatable bonds is 10. The van der Waals surface area contributed by atoms with E-state index < -0.39 is 5.91 Å². The fourth-order valence-corrected chi connectivity index (χ4v) is 3.81. The van der Waals surface area contributed by atoms with Crippen LogP contribution < -0.4 is 25.3 Å². The van der Waals surface area contributed by atoms with Gasteiger partial charge < -0.3 is 25.3 Å². The maximum atomic E-state index is 12.7. The van der Waals surface area contributed by atoms with Crippen LogP contribution in [0.4, 0.5) is 0 Å². The predicted octanol–water partition coefficient (Wildman–Crippen LogP) is 2.97. The van der Waals surface area contributed by atoms with Crippen molar-refractivity contribution in [3.63, 3.8) is 0 Å². The van der Waals surface area contributed by atoms with E-state index in [1.54, 1.807) is 11.3 Å². The Hall–Kier alpha value is -3.59. The molecule has 9 heteroatoms. The second kappa shape index (κ2) is 10.6. The number of hydrogen-bond donors (Lipinski definition) is 2. The van der Waals surface area contributed by atoms with Crippen molar-refractivity contribution < 1.29 is 23.8 Å². The Balaban J connectivity index is 1.63. The highest BCUT2D eigenvalue weighted by atomic mass is 32.1. The zero-order valence-electron chi connectivity index (χ0n) is 18.1. The van der Waals surface area contributed by atoms with Gasteiger partial charge in [0, 0.05) is 29.5 Å². The smallest absolute Gasteiger partial charge is 0.255 e. The molecule has 0 saturated carbocycles. The lowest BCUT2D eigenvalue weighted by molar-refractivity contribution is -0.120. The van der Waals surface area contributed by atoms with Gasteiger partial charge in [-0.25, -0.2) is 4.98 Å². The van der Waals surface area contributed by atoms with Crippen LogP contribution in [0.15, 0.2) is 41.8 Å². The van der Waals surface area contributed by atoms with Crippen molar-refractivity contribution in [3.05, 3.63) is 58.6 Å². The molecule has 1 heterocycles. The highest BCUT2D eigenvalue weighted by Crippen LogP contribution is 2.38. The summed E-state index contributed by atoms with van der Waals surface area (Å²) in [6.45, 7) is 2.13. The number of nitrogens with one attached hydrogen (secondary N) is 1. The molecule has 0 saturated heterocycles. The van der Waals surface area contributed by atoms with E-state index in [1.807, 2.05) is 12.3 Å². The molecule has 0 aliphatic rings. The van der Waals surface area contributed by atoms with E-state index in [2.05, 4.69) is 34.6 Å². The molecule has 2 amide bonds. The lowest BCUT2D eigenvalue weighted by atomic mass is 10.1. The lowest BCUT2D eigenvalue weighted by Gasteiger charge is -2.15. The van der Waals surface area contributed by atoms with Crippen LogP contribution in [0.2, 0.25) is 0 Å². The van der Waals surface area contributed by atoms with Crippen LogP contribution in [-0.4, -0.2) is 44.2 Å². The van der Waals surface area contributed by atoms with Crippen LogP contribution >= 0.6 is 11.3 Å². The third-order valence-electron chi connectivity index (χ3n) is 4.60. The number of carbonyl (C=O) groups is 2. The monoisotopic (exact) mass is 455 g/mol. The number of nitrogens with two attached hydrogens (primary N) is 1. The number of amides is 2. The van der Waals surface area contributed by atoms with Crippen LogP contribution in [0.25, 0.3) is 10.6 Å². The molecule has 0 fully saturated rings. The number of aryl methyl sites for hydroxylation is 1. The summed E-state index contributed by atoms with van der Waals surface area (Å²) in [5.74, 6) is -0.201. The minimum absolute atomic E-state index is 0.205. The van der Waals surface area contributed by atoms with Crippen molar-refractivity contribution >= 4 is 23.2 Å². The number of primary amides is 1. The number of aromatic nitrogens is 1. The van der Waals surface area contributed by atoms with Crippen molar-refractivity contribution in [1.29, 1.82) is 0 Å². The third-order valence-corrected chi connectivity index (χ3v) is 5.54. The van der Waals surface area contributed by atoms with E-state index >= 15 is 0 Å². The molecular weight excluding hydrogens is 430 g/mol. The van der Waals surface area contributed by atoms with Gasteiger partial charge in [0.05, 0.1) is 19.9 Å². The molecular formula is C23H25N3O5S. The molecule has 32 heavy (non-hydrogen) atoms. The van der Waals surface area contributed by atoms with E-state index in [0.29, 0.717) is 18.5 Å². The minimum atomic E-state index is -0.636. The molecule has 0 bridgehead atoms.